The fraction of sp³-hybridized carbons (Fsp3) is 0.636. The number of carboxylic acids is 1. The highest BCUT2D eigenvalue weighted by Gasteiger charge is 2.17. The molecule has 18 heavy (non-hydrogen) atoms. The van der Waals surface area contributed by atoms with Gasteiger partial charge in [-0.3, -0.25) is 9.59 Å². The van der Waals surface area contributed by atoms with Gasteiger partial charge in [0.05, 0.1) is 12.1 Å². The van der Waals surface area contributed by atoms with Gasteiger partial charge in [-0.05, 0) is 19.3 Å². The number of piperidine rings is 1. The highest BCUT2D eigenvalue weighted by atomic mass is 16.4. The molecule has 1 N–H and O–H groups in total. The van der Waals surface area contributed by atoms with Gasteiger partial charge in [0.25, 0.3) is 0 Å². The minimum absolute atomic E-state index is 0.0153. The van der Waals surface area contributed by atoms with Crippen molar-refractivity contribution < 1.29 is 14.7 Å². The fourth-order valence-corrected chi connectivity index (χ4v) is 2.03. The van der Waals surface area contributed by atoms with Crippen molar-refractivity contribution in [2.75, 3.05) is 13.1 Å². The van der Waals surface area contributed by atoms with Crippen molar-refractivity contribution in [2.45, 2.75) is 32.2 Å². The first-order chi connectivity index (χ1) is 8.65. The molecule has 0 saturated carbocycles. The zero-order chi connectivity index (χ0) is 13.0. The van der Waals surface area contributed by atoms with Crippen LogP contribution in [0.5, 0.6) is 0 Å². The molecule has 1 fully saturated rings. The van der Waals surface area contributed by atoms with E-state index in [0.29, 0.717) is 5.69 Å². The molecule has 1 aromatic rings. The summed E-state index contributed by atoms with van der Waals surface area (Å²) in [5.41, 5.74) is 0.369. The Bertz CT molecular complexity index is 437. The van der Waals surface area contributed by atoms with Gasteiger partial charge in [-0.1, -0.05) is 5.21 Å². The molecule has 0 aliphatic carbocycles. The van der Waals surface area contributed by atoms with E-state index in [9.17, 15) is 9.59 Å². The molecule has 1 aliphatic rings. The maximum Gasteiger partial charge on any atom is 0.309 e. The minimum Gasteiger partial charge on any atom is -0.481 e. The van der Waals surface area contributed by atoms with Gasteiger partial charge >= 0.3 is 5.97 Å². The molecule has 1 amide bonds. The topological polar surface area (TPSA) is 88.3 Å². The van der Waals surface area contributed by atoms with Crippen LogP contribution in [-0.4, -0.2) is 50.0 Å². The SMILES string of the molecule is O=C(O)Cc1cn(CC(=O)N2CCCCC2)nn1. The number of rotatable bonds is 4. The van der Waals surface area contributed by atoms with E-state index >= 15 is 0 Å². The van der Waals surface area contributed by atoms with Gasteiger partial charge in [0.15, 0.2) is 0 Å². The van der Waals surface area contributed by atoms with E-state index in [1.54, 1.807) is 0 Å². The zero-order valence-electron chi connectivity index (χ0n) is 10.1. The number of hydrogen-bond donors (Lipinski definition) is 1. The Morgan fingerprint density at radius 1 is 1.28 bits per heavy atom. The van der Waals surface area contributed by atoms with Crippen LogP contribution in [0.2, 0.25) is 0 Å². The summed E-state index contributed by atoms with van der Waals surface area (Å²) >= 11 is 0. The number of aromatic nitrogens is 3. The Morgan fingerprint density at radius 3 is 2.67 bits per heavy atom. The summed E-state index contributed by atoms with van der Waals surface area (Å²) in [4.78, 5) is 24.2. The lowest BCUT2D eigenvalue weighted by atomic mass is 10.1. The largest absolute Gasteiger partial charge is 0.481 e. The molecule has 1 aliphatic heterocycles. The van der Waals surface area contributed by atoms with E-state index < -0.39 is 5.97 Å². The molecule has 1 aromatic heterocycles. The molecule has 0 bridgehead atoms. The summed E-state index contributed by atoms with van der Waals surface area (Å²) in [6, 6.07) is 0. The maximum absolute atomic E-state index is 11.9. The van der Waals surface area contributed by atoms with Crippen LogP contribution in [0.3, 0.4) is 0 Å². The Morgan fingerprint density at radius 2 is 2.00 bits per heavy atom. The van der Waals surface area contributed by atoms with Crippen molar-refractivity contribution in [2.24, 2.45) is 0 Å². The van der Waals surface area contributed by atoms with E-state index in [-0.39, 0.29) is 18.9 Å². The van der Waals surface area contributed by atoms with E-state index in [1.165, 1.54) is 17.3 Å². The summed E-state index contributed by atoms with van der Waals surface area (Å²) in [6.07, 6.45) is 4.62. The van der Waals surface area contributed by atoms with E-state index in [2.05, 4.69) is 10.3 Å². The second-order valence-corrected chi connectivity index (χ2v) is 4.42. The van der Waals surface area contributed by atoms with Crippen LogP contribution in [0.25, 0.3) is 0 Å². The molecule has 7 nitrogen and oxygen atoms in total. The van der Waals surface area contributed by atoms with Crippen molar-refractivity contribution in [3.05, 3.63) is 11.9 Å². The van der Waals surface area contributed by atoms with Crippen LogP contribution < -0.4 is 0 Å². The molecule has 0 atom stereocenters. The first kappa shape index (κ1) is 12.5. The number of aliphatic carboxylic acids is 1. The third kappa shape index (κ3) is 3.28. The molecule has 7 heteroatoms. The van der Waals surface area contributed by atoms with Crippen LogP contribution in [-0.2, 0) is 22.6 Å². The number of carbonyl (C=O) groups excluding carboxylic acids is 1. The van der Waals surface area contributed by atoms with Gasteiger partial charge in [0.1, 0.15) is 6.54 Å². The van der Waals surface area contributed by atoms with Crippen LogP contribution in [0, 0.1) is 0 Å². The smallest absolute Gasteiger partial charge is 0.309 e. The first-order valence-electron chi connectivity index (χ1n) is 6.04. The third-order valence-corrected chi connectivity index (χ3v) is 2.92. The summed E-state index contributed by atoms with van der Waals surface area (Å²) < 4.78 is 1.40. The maximum atomic E-state index is 11.9. The van der Waals surface area contributed by atoms with Crippen LogP contribution in [0.1, 0.15) is 25.0 Å². The molecule has 0 aromatic carbocycles. The lowest BCUT2D eigenvalue weighted by Gasteiger charge is -2.26. The highest BCUT2D eigenvalue weighted by molar-refractivity contribution is 5.76. The third-order valence-electron chi connectivity index (χ3n) is 2.92. The number of hydrogen-bond acceptors (Lipinski definition) is 4. The van der Waals surface area contributed by atoms with Gasteiger partial charge in [-0.2, -0.15) is 0 Å². The molecular formula is C11H16N4O3. The monoisotopic (exact) mass is 252 g/mol. The quantitative estimate of drug-likeness (QED) is 0.809. The van der Waals surface area contributed by atoms with Gasteiger partial charge in [0, 0.05) is 19.3 Å². The van der Waals surface area contributed by atoms with Crippen molar-refractivity contribution in [3.8, 4) is 0 Å². The predicted octanol–water partition coefficient (Wildman–Crippen LogP) is -0.0823. The standard InChI is InChI=1S/C11H16N4O3/c16-10(14-4-2-1-3-5-14)8-15-7-9(12-13-15)6-11(17)18/h7H,1-6,8H2,(H,17,18). The molecule has 2 heterocycles. The molecule has 0 unspecified atom stereocenters. The summed E-state index contributed by atoms with van der Waals surface area (Å²) in [6.45, 7) is 1.73. The van der Waals surface area contributed by atoms with Gasteiger partial charge < -0.3 is 10.0 Å². The number of likely N-dealkylation sites (tertiary alicyclic amines) is 1. The average molecular weight is 252 g/mol. The number of carbonyl (C=O) groups is 2. The van der Waals surface area contributed by atoms with E-state index in [0.717, 1.165) is 25.9 Å². The fourth-order valence-electron chi connectivity index (χ4n) is 2.03. The van der Waals surface area contributed by atoms with Crippen LogP contribution in [0.15, 0.2) is 6.20 Å². The van der Waals surface area contributed by atoms with Crippen LogP contribution >= 0.6 is 0 Å². The lowest BCUT2D eigenvalue weighted by Crippen LogP contribution is -2.37. The van der Waals surface area contributed by atoms with Crippen molar-refractivity contribution >= 4 is 11.9 Å². The molecule has 1 saturated heterocycles. The molecular weight excluding hydrogens is 236 g/mol. The first-order valence-corrected chi connectivity index (χ1v) is 6.04. The second-order valence-electron chi connectivity index (χ2n) is 4.42. The number of nitrogens with zero attached hydrogens (tertiary/aromatic N) is 4. The van der Waals surface area contributed by atoms with Crippen molar-refractivity contribution in [1.82, 2.24) is 19.9 Å². The van der Waals surface area contributed by atoms with Crippen molar-refractivity contribution in [1.29, 1.82) is 0 Å². The highest BCUT2D eigenvalue weighted by Crippen LogP contribution is 2.09. The van der Waals surface area contributed by atoms with E-state index in [1.807, 2.05) is 4.90 Å². The molecule has 0 spiro atoms. The summed E-state index contributed by atoms with van der Waals surface area (Å²) in [5.74, 6) is -0.939. The Kier molecular flexibility index (Phi) is 3.91. The normalized spacial score (nSPS) is 15.7. The van der Waals surface area contributed by atoms with E-state index in [4.69, 9.17) is 5.11 Å². The zero-order valence-corrected chi connectivity index (χ0v) is 10.1. The second kappa shape index (κ2) is 5.61. The molecule has 98 valence electrons. The predicted molar refractivity (Wildman–Crippen MR) is 61.8 cm³/mol. The number of carboxylic acid groups (broad SMARTS) is 1. The van der Waals surface area contributed by atoms with Crippen LogP contribution in [0.4, 0.5) is 0 Å². The average Bonchev–Trinajstić information content (AvgIpc) is 2.76. The molecule has 0 radical (unpaired) electrons. The summed E-state index contributed by atoms with van der Waals surface area (Å²) in [7, 11) is 0. The van der Waals surface area contributed by atoms with Gasteiger partial charge in [0.2, 0.25) is 5.91 Å². The van der Waals surface area contributed by atoms with Gasteiger partial charge in [-0.15, -0.1) is 5.10 Å². The lowest BCUT2D eigenvalue weighted by molar-refractivity contribution is -0.136. The van der Waals surface area contributed by atoms with Gasteiger partial charge in [-0.25, -0.2) is 4.68 Å². The Labute approximate surface area is 104 Å². The summed E-state index contributed by atoms with van der Waals surface area (Å²) in [5, 5.41) is 16.1. The molecule has 2 rings (SSSR count). The Balaban J connectivity index is 1.90. The minimum atomic E-state index is -0.954. The van der Waals surface area contributed by atoms with Crippen molar-refractivity contribution in [3.63, 3.8) is 0 Å². The Hall–Kier alpha value is -1.92. The number of amides is 1.